The van der Waals surface area contributed by atoms with Gasteiger partial charge >= 0.3 is 5.97 Å². The lowest BCUT2D eigenvalue weighted by Crippen LogP contribution is -2.26. The molecule has 0 aliphatic carbocycles. The Balaban J connectivity index is 2.99. The van der Waals surface area contributed by atoms with Gasteiger partial charge in [0.1, 0.15) is 11.9 Å². The van der Waals surface area contributed by atoms with Gasteiger partial charge in [-0.3, -0.25) is 4.79 Å². The number of halogens is 1. The normalized spacial score (nSPS) is 13.6. The van der Waals surface area contributed by atoms with E-state index in [-0.39, 0.29) is 17.7 Å². The monoisotopic (exact) mass is 285 g/mol. The number of aliphatic hydroxyl groups is 2. The van der Waals surface area contributed by atoms with Crippen LogP contribution < -0.4 is 5.73 Å². The topological polar surface area (TPSA) is 110 Å². The van der Waals surface area contributed by atoms with Gasteiger partial charge in [-0.1, -0.05) is 6.07 Å². The number of nitrogens with two attached hydrogens (primary N) is 1. The van der Waals surface area contributed by atoms with E-state index < -0.39 is 36.3 Å². The second-order valence-corrected chi connectivity index (χ2v) is 4.14. The highest BCUT2D eigenvalue weighted by Gasteiger charge is 2.23. The first-order valence-corrected chi connectivity index (χ1v) is 5.97. The van der Waals surface area contributed by atoms with Crippen LogP contribution in [0, 0.1) is 5.82 Å². The van der Waals surface area contributed by atoms with Crippen LogP contribution in [0.15, 0.2) is 18.2 Å². The fourth-order valence-corrected chi connectivity index (χ4v) is 1.63. The first-order chi connectivity index (χ1) is 9.36. The van der Waals surface area contributed by atoms with Crippen molar-refractivity contribution in [1.82, 2.24) is 0 Å². The summed E-state index contributed by atoms with van der Waals surface area (Å²) < 4.78 is 18.2. The van der Waals surface area contributed by atoms with E-state index in [4.69, 9.17) is 5.73 Å². The molecule has 0 radical (unpaired) electrons. The van der Waals surface area contributed by atoms with E-state index >= 15 is 0 Å². The standard InChI is InChI=1S/C13H16FNO5/c1-2-20-13(19)8-5-7(3-4-9(8)14)12(18)10(16)6-11(15)17/h3-5,10,12,16,18H,2,6H2,1H3,(H2,15,17). The average Bonchev–Trinajstić information content (AvgIpc) is 2.37. The molecule has 4 N–H and O–H groups in total. The number of carbonyl (C=O) groups is 2. The molecule has 7 heteroatoms. The Hall–Kier alpha value is -1.99. The molecule has 0 aliphatic heterocycles. The van der Waals surface area contributed by atoms with Crippen molar-refractivity contribution in [1.29, 1.82) is 0 Å². The maximum absolute atomic E-state index is 13.5. The Morgan fingerprint density at radius 2 is 2.05 bits per heavy atom. The number of hydrogen-bond donors (Lipinski definition) is 3. The van der Waals surface area contributed by atoms with Crippen molar-refractivity contribution >= 4 is 11.9 Å². The number of amides is 1. The number of hydrogen-bond acceptors (Lipinski definition) is 5. The number of primary amides is 1. The molecule has 0 aromatic heterocycles. The molecular formula is C13H16FNO5. The number of aliphatic hydroxyl groups excluding tert-OH is 2. The minimum absolute atomic E-state index is 0.0787. The van der Waals surface area contributed by atoms with Crippen molar-refractivity contribution in [2.45, 2.75) is 25.6 Å². The minimum Gasteiger partial charge on any atom is -0.462 e. The highest BCUT2D eigenvalue weighted by molar-refractivity contribution is 5.90. The molecule has 0 fully saturated rings. The zero-order valence-electron chi connectivity index (χ0n) is 10.9. The molecule has 20 heavy (non-hydrogen) atoms. The number of rotatable bonds is 6. The first kappa shape index (κ1) is 16.1. The molecule has 1 aromatic carbocycles. The predicted molar refractivity (Wildman–Crippen MR) is 67.1 cm³/mol. The number of ether oxygens (including phenoxy) is 1. The zero-order valence-corrected chi connectivity index (χ0v) is 10.9. The van der Waals surface area contributed by atoms with Crippen molar-refractivity contribution < 1.29 is 28.9 Å². The van der Waals surface area contributed by atoms with Crippen molar-refractivity contribution in [3.05, 3.63) is 35.1 Å². The summed E-state index contributed by atoms with van der Waals surface area (Å²) in [6.07, 6.45) is -3.35. The largest absolute Gasteiger partial charge is 0.462 e. The lowest BCUT2D eigenvalue weighted by molar-refractivity contribution is -0.121. The van der Waals surface area contributed by atoms with E-state index in [1.165, 1.54) is 6.07 Å². The molecule has 1 amide bonds. The SMILES string of the molecule is CCOC(=O)c1cc(C(O)C(O)CC(N)=O)ccc1F. The van der Waals surface area contributed by atoms with Crippen molar-refractivity contribution in [3.8, 4) is 0 Å². The van der Waals surface area contributed by atoms with E-state index in [2.05, 4.69) is 4.74 Å². The highest BCUT2D eigenvalue weighted by atomic mass is 19.1. The molecule has 2 unspecified atom stereocenters. The van der Waals surface area contributed by atoms with E-state index in [0.717, 1.165) is 12.1 Å². The van der Waals surface area contributed by atoms with Crippen LogP contribution >= 0.6 is 0 Å². The van der Waals surface area contributed by atoms with E-state index in [0.29, 0.717) is 0 Å². The van der Waals surface area contributed by atoms with Crippen molar-refractivity contribution in [2.24, 2.45) is 5.73 Å². The molecular weight excluding hydrogens is 269 g/mol. The molecule has 0 spiro atoms. The third kappa shape index (κ3) is 4.01. The van der Waals surface area contributed by atoms with Gasteiger partial charge in [0.25, 0.3) is 0 Å². The van der Waals surface area contributed by atoms with Gasteiger partial charge in [0.15, 0.2) is 0 Å². The lowest BCUT2D eigenvalue weighted by atomic mass is 9.99. The summed E-state index contributed by atoms with van der Waals surface area (Å²) in [7, 11) is 0. The summed E-state index contributed by atoms with van der Waals surface area (Å²) in [4.78, 5) is 22.2. The van der Waals surface area contributed by atoms with Crippen LogP contribution in [0.5, 0.6) is 0 Å². The Kier molecular flexibility index (Phi) is 5.60. The molecule has 0 saturated carbocycles. The van der Waals surface area contributed by atoms with Gasteiger partial charge in [-0.2, -0.15) is 0 Å². The Bertz CT molecular complexity index is 506. The molecule has 2 atom stereocenters. The summed E-state index contributed by atoms with van der Waals surface area (Å²) in [5.74, 6) is -2.46. The second kappa shape index (κ2) is 6.97. The van der Waals surface area contributed by atoms with Crippen LogP contribution in [-0.4, -0.2) is 34.8 Å². The maximum Gasteiger partial charge on any atom is 0.341 e. The van der Waals surface area contributed by atoms with Gasteiger partial charge in [-0.05, 0) is 24.6 Å². The first-order valence-electron chi connectivity index (χ1n) is 5.97. The van der Waals surface area contributed by atoms with Gasteiger partial charge in [0.05, 0.1) is 24.7 Å². The number of carbonyl (C=O) groups excluding carboxylic acids is 2. The van der Waals surface area contributed by atoms with Gasteiger partial charge in [-0.25, -0.2) is 9.18 Å². The predicted octanol–water partition coefficient (Wildman–Crippen LogP) is 0.272. The van der Waals surface area contributed by atoms with Crippen LogP contribution in [0.25, 0.3) is 0 Å². The summed E-state index contributed by atoms with van der Waals surface area (Å²) in [5, 5.41) is 19.4. The van der Waals surface area contributed by atoms with Crippen LogP contribution in [0.4, 0.5) is 4.39 Å². The molecule has 110 valence electrons. The molecule has 0 saturated heterocycles. The van der Waals surface area contributed by atoms with Crippen LogP contribution in [0.1, 0.15) is 35.4 Å². The highest BCUT2D eigenvalue weighted by Crippen LogP contribution is 2.22. The van der Waals surface area contributed by atoms with Crippen LogP contribution in [0.3, 0.4) is 0 Å². The maximum atomic E-state index is 13.5. The Labute approximate surface area is 115 Å². The molecule has 0 aliphatic rings. The second-order valence-electron chi connectivity index (χ2n) is 4.14. The molecule has 0 heterocycles. The quantitative estimate of drug-likeness (QED) is 0.650. The third-order valence-electron chi connectivity index (χ3n) is 2.60. The van der Waals surface area contributed by atoms with E-state index in [1.54, 1.807) is 6.92 Å². The third-order valence-corrected chi connectivity index (χ3v) is 2.60. The summed E-state index contributed by atoms with van der Waals surface area (Å²) in [6, 6.07) is 3.25. The Morgan fingerprint density at radius 1 is 1.40 bits per heavy atom. The average molecular weight is 285 g/mol. The fraction of sp³-hybridized carbons (Fsp3) is 0.385. The van der Waals surface area contributed by atoms with Crippen LogP contribution in [0.2, 0.25) is 0 Å². The van der Waals surface area contributed by atoms with Crippen molar-refractivity contribution in [2.75, 3.05) is 6.61 Å². The fourth-order valence-electron chi connectivity index (χ4n) is 1.63. The number of esters is 1. The minimum atomic E-state index is -1.46. The summed E-state index contributed by atoms with van der Waals surface area (Å²) in [6.45, 7) is 1.65. The molecule has 1 aromatic rings. The van der Waals surface area contributed by atoms with Gasteiger partial charge in [0.2, 0.25) is 5.91 Å². The van der Waals surface area contributed by atoms with Gasteiger partial charge < -0.3 is 20.7 Å². The van der Waals surface area contributed by atoms with Gasteiger partial charge in [-0.15, -0.1) is 0 Å². The zero-order chi connectivity index (χ0) is 15.3. The van der Waals surface area contributed by atoms with Gasteiger partial charge in [0, 0.05) is 0 Å². The number of benzene rings is 1. The molecule has 0 bridgehead atoms. The molecule has 1 rings (SSSR count). The lowest BCUT2D eigenvalue weighted by Gasteiger charge is -2.17. The smallest absolute Gasteiger partial charge is 0.341 e. The molecule has 6 nitrogen and oxygen atoms in total. The van der Waals surface area contributed by atoms with Crippen LogP contribution in [-0.2, 0) is 9.53 Å². The van der Waals surface area contributed by atoms with E-state index in [9.17, 15) is 24.2 Å². The van der Waals surface area contributed by atoms with E-state index in [1.807, 2.05) is 0 Å². The summed E-state index contributed by atoms with van der Waals surface area (Å²) >= 11 is 0. The van der Waals surface area contributed by atoms with Crippen molar-refractivity contribution in [3.63, 3.8) is 0 Å². The summed E-state index contributed by atoms with van der Waals surface area (Å²) in [5.41, 5.74) is 4.64. The Morgan fingerprint density at radius 3 is 2.60 bits per heavy atom.